The van der Waals surface area contributed by atoms with Gasteiger partial charge < -0.3 is 14.2 Å². The molecule has 0 aromatic rings. The first-order valence-corrected chi connectivity index (χ1v) is 23.3. The predicted octanol–water partition coefficient (Wildman–Crippen LogP) is 14.9. The van der Waals surface area contributed by atoms with Crippen molar-refractivity contribution in [3.05, 3.63) is 60.8 Å². The minimum Gasteiger partial charge on any atom is -0.462 e. The average Bonchev–Trinajstić information content (AvgIpc) is 3.19. The molecule has 0 aliphatic carbocycles. The summed E-state index contributed by atoms with van der Waals surface area (Å²) in [5.74, 6) is -0.907. The minimum absolute atomic E-state index is 0.0788. The highest BCUT2D eigenvalue weighted by Crippen LogP contribution is 2.14. The summed E-state index contributed by atoms with van der Waals surface area (Å²) in [6.45, 7) is 6.44. The Bertz CT molecular complexity index is 1040. The van der Waals surface area contributed by atoms with E-state index in [1.807, 2.05) is 0 Å². The zero-order chi connectivity index (χ0) is 40.8. The van der Waals surface area contributed by atoms with E-state index in [-0.39, 0.29) is 31.1 Å². The summed E-state index contributed by atoms with van der Waals surface area (Å²) in [5, 5.41) is 0. The first-order valence-electron chi connectivity index (χ1n) is 23.3. The van der Waals surface area contributed by atoms with Crippen molar-refractivity contribution in [3.8, 4) is 0 Å². The van der Waals surface area contributed by atoms with Crippen LogP contribution in [0.5, 0.6) is 0 Å². The van der Waals surface area contributed by atoms with Crippen LogP contribution < -0.4 is 0 Å². The van der Waals surface area contributed by atoms with Crippen LogP contribution in [-0.4, -0.2) is 37.2 Å². The molecular weight excluding hydrogens is 697 g/mol. The molecule has 1 unspecified atom stereocenters. The van der Waals surface area contributed by atoms with Crippen molar-refractivity contribution in [2.75, 3.05) is 13.2 Å². The van der Waals surface area contributed by atoms with Crippen molar-refractivity contribution in [1.29, 1.82) is 0 Å². The quantitative estimate of drug-likeness (QED) is 0.0266. The Morgan fingerprint density at radius 1 is 0.375 bits per heavy atom. The Hall–Kier alpha value is -2.89. The Labute approximate surface area is 345 Å². The summed E-state index contributed by atoms with van der Waals surface area (Å²) >= 11 is 0. The van der Waals surface area contributed by atoms with Crippen LogP contribution in [0.4, 0.5) is 0 Å². The third-order valence-electron chi connectivity index (χ3n) is 9.79. The third kappa shape index (κ3) is 42.3. The van der Waals surface area contributed by atoms with Crippen LogP contribution in [-0.2, 0) is 28.6 Å². The summed E-state index contributed by atoms with van der Waals surface area (Å²) in [4.78, 5) is 37.6. The highest BCUT2D eigenvalue weighted by Gasteiger charge is 2.19. The molecule has 0 fully saturated rings. The number of rotatable bonds is 41. The number of ether oxygens (including phenoxy) is 3. The first kappa shape index (κ1) is 53.1. The maximum Gasteiger partial charge on any atom is 0.306 e. The monoisotopic (exact) mass is 783 g/mol. The number of hydrogen-bond donors (Lipinski definition) is 0. The molecule has 0 spiro atoms. The van der Waals surface area contributed by atoms with Crippen LogP contribution in [0, 0.1) is 0 Å². The van der Waals surface area contributed by atoms with Crippen molar-refractivity contribution >= 4 is 17.9 Å². The lowest BCUT2D eigenvalue weighted by Gasteiger charge is -2.18. The summed E-state index contributed by atoms with van der Waals surface area (Å²) in [5.41, 5.74) is 0. The van der Waals surface area contributed by atoms with Crippen LogP contribution in [0.2, 0.25) is 0 Å². The fourth-order valence-electron chi connectivity index (χ4n) is 6.29. The van der Waals surface area contributed by atoms with Crippen molar-refractivity contribution in [3.63, 3.8) is 0 Å². The van der Waals surface area contributed by atoms with E-state index in [9.17, 15) is 14.4 Å². The van der Waals surface area contributed by atoms with E-state index in [0.717, 1.165) is 109 Å². The molecule has 0 aliphatic rings. The molecule has 1 atom stereocenters. The van der Waals surface area contributed by atoms with Crippen LogP contribution in [0.25, 0.3) is 0 Å². The summed E-state index contributed by atoms with van der Waals surface area (Å²) in [6.07, 6.45) is 53.6. The molecule has 6 nitrogen and oxygen atoms in total. The Morgan fingerprint density at radius 3 is 1.09 bits per heavy atom. The van der Waals surface area contributed by atoms with Gasteiger partial charge in [-0.2, -0.15) is 0 Å². The van der Waals surface area contributed by atoms with Gasteiger partial charge in [-0.1, -0.05) is 197 Å². The molecule has 0 aromatic heterocycles. The molecule has 0 rings (SSSR count). The van der Waals surface area contributed by atoms with Gasteiger partial charge in [0.05, 0.1) is 0 Å². The van der Waals surface area contributed by atoms with E-state index < -0.39 is 6.10 Å². The Kier molecular flexibility index (Phi) is 42.5. The zero-order valence-electron chi connectivity index (χ0n) is 36.6. The lowest BCUT2D eigenvalue weighted by molar-refractivity contribution is -0.167. The molecule has 0 aliphatic heterocycles. The van der Waals surface area contributed by atoms with E-state index in [1.165, 1.54) is 70.6 Å². The molecule has 0 aromatic carbocycles. The van der Waals surface area contributed by atoms with Gasteiger partial charge in [0.25, 0.3) is 0 Å². The van der Waals surface area contributed by atoms with Crippen molar-refractivity contribution in [1.82, 2.24) is 0 Å². The normalized spacial score (nSPS) is 12.6. The third-order valence-corrected chi connectivity index (χ3v) is 9.79. The molecule has 0 heterocycles. The second kappa shape index (κ2) is 44.8. The number of carbonyl (C=O) groups is 3. The van der Waals surface area contributed by atoms with Gasteiger partial charge in [0, 0.05) is 19.3 Å². The summed E-state index contributed by atoms with van der Waals surface area (Å²) in [6, 6.07) is 0. The summed E-state index contributed by atoms with van der Waals surface area (Å²) in [7, 11) is 0. The fraction of sp³-hybridized carbons (Fsp3) is 0.740. The number of carbonyl (C=O) groups excluding carboxylic acids is 3. The molecule has 6 heteroatoms. The Balaban J connectivity index is 4.27. The Morgan fingerprint density at radius 2 is 0.696 bits per heavy atom. The van der Waals surface area contributed by atoms with Crippen LogP contribution in [0.1, 0.15) is 220 Å². The van der Waals surface area contributed by atoms with Gasteiger partial charge in [-0.05, 0) is 64.2 Å². The highest BCUT2D eigenvalue weighted by molar-refractivity contribution is 5.71. The fourth-order valence-corrected chi connectivity index (χ4v) is 6.29. The molecular formula is C50H86O6. The largest absolute Gasteiger partial charge is 0.462 e. The number of hydrogen-bond acceptors (Lipinski definition) is 6. The highest BCUT2D eigenvalue weighted by atomic mass is 16.6. The van der Waals surface area contributed by atoms with Crippen LogP contribution >= 0.6 is 0 Å². The predicted molar refractivity (Wildman–Crippen MR) is 238 cm³/mol. The van der Waals surface area contributed by atoms with Gasteiger partial charge in [-0.25, -0.2) is 0 Å². The van der Waals surface area contributed by atoms with E-state index in [2.05, 4.69) is 81.5 Å². The van der Waals surface area contributed by atoms with Gasteiger partial charge in [0.2, 0.25) is 0 Å². The van der Waals surface area contributed by atoms with Gasteiger partial charge in [0.1, 0.15) is 13.2 Å². The average molecular weight is 783 g/mol. The second-order valence-corrected chi connectivity index (χ2v) is 15.3. The number of unbranched alkanes of at least 4 members (excludes halogenated alkanes) is 20. The smallest absolute Gasteiger partial charge is 0.306 e. The molecule has 0 saturated carbocycles. The van der Waals surface area contributed by atoms with Crippen LogP contribution in [0.3, 0.4) is 0 Å². The maximum atomic E-state index is 12.6. The SMILES string of the molecule is CC/C=C\C/C=C\C/C=C\C/C=C\C/C=C\CCCCCCCC(=O)OCC(COC(=O)CCCCCCCCCC)OC(=O)CCCCCCCCCCC. The maximum absolute atomic E-state index is 12.6. The zero-order valence-corrected chi connectivity index (χ0v) is 36.6. The minimum atomic E-state index is -0.775. The molecule has 0 radical (unpaired) electrons. The van der Waals surface area contributed by atoms with Crippen LogP contribution in [0.15, 0.2) is 60.8 Å². The van der Waals surface area contributed by atoms with E-state index >= 15 is 0 Å². The molecule has 0 saturated heterocycles. The topological polar surface area (TPSA) is 78.9 Å². The second-order valence-electron chi connectivity index (χ2n) is 15.3. The lowest BCUT2D eigenvalue weighted by Crippen LogP contribution is -2.30. The number of allylic oxidation sites excluding steroid dienone is 10. The van der Waals surface area contributed by atoms with Crippen molar-refractivity contribution < 1.29 is 28.6 Å². The molecule has 322 valence electrons. The van der Waals surface area contributed by atoms with E-state index in [0.29, 0.717) is 19.3 Å². The van der Waals surface area contributed by atoms with Gasteiger partial charge in [-0.15, -0.1) is 0 Å². The standard InChI is InChI=1S/C50H86O6/c1-4-7-10-13-16-19-20-21-22-23-24-25-26-27-28-29-30-32-34-37-40-43-49(52)55-46-47(45-54-48(51)42-39-36-33-18-15-12-9-6-3)56-50(53)44-41-38-35-31-17-14-11-8-5-2/h7,10,16,19,21-22,24-25,27-28,47H,4-6,8-9,11-15,17-18,20,23,26,29-46H2,1-3H3/b10-7-,19-16-,22-21-,25-24-,28-27-. The van der Waals surface area contributed by atoms with E-state index in [1.54, 1.807) is 0 Å². The lowest BCUT2D eigenvalue weighted by atomic mass is 10.1. The van der Waals surface area contributed by atoms with Crippen molar-refractivity contribution in [2.45, 2.75) is 226 Å². The molecule has 56 heavy (non-hydrogen) atoms. The van der Waals surface area contributed by atoms with E-state index in [4.69, 9.17) is 14.2 Å². The first-order chi connectivity index (χ1) is 27.5. The molecule has 0 amide bonds. The molecule has 0 bridgehead atoms. The number of esters is 3. The molecule has 0 N–H and O–H groups in total. The summed E-state index contributed by atoms with van der Waals surface area (Å²) < 4.78 is 16.6. The van der Waals surface area contributed by atoms with Crippen molar-refractivity contribution in [2.24, 2.45) is 0 Å². The van der Waals surface area contributed by atoms with Gasteiger partial charge in [0.15, 0.2) is 6.10 Å². The van der Waals surface area contributed by atoms with Gasteiger partial charge in [-0.3, -0.25) is 14.4 Å². The van der Waals surface area contributed by atoms with Gasteiger partial charge >= 0.3 is 17.9 Å².